The molecule has 0 fully saturated rings. The summed E-state index contributed by atoms with van der Waals surface area (Å²) < 4.78 is 2.87. The van der Waals surface area contributed by atoms with Gasteiger partial charge in [-0.25, -0.2) is 9.36 Å². The van der Waals surface area contributed by atoms with Crippen LogP contribution in [0.5, 0.6) is 0 Å². The second-order valence-corrected chi connectivity index (χ2v) is 5.79. The number of hydrogen-bond acceptors (Lipinski definition) is 6. The number of rotatable bonds is 6. The lowest BCUT2D eigenvalue weighted by atomic mass is 10.2. The predicted molar refractivity (Wildman–Crippen MR) is 95.6 cm³/mol. The minimum Gasteiger partial charge on any atom is -0.321 e. The molecule has 2 heterocycles. The molecule has 0 bridgehead atoms. The third kappa shape index (κ3) is 3.82. The van der Waals surface area contributed by atoms with Crippen molar-refractivity contribution in [2.24, 2.45) is 7.05 Å². The quantitative estimate of drug-likeness (QED) is 0.719. The molecule has 3 rings (SSSR count). The first kappa shape index (κ1) is 17.5. The van der Waals surface area contributed by atoms with Gasteiger partial charge in [-0.1, -0.05) is 25.5 Å². The zero-order valence-electron chi connectivity index (χ0n) is 14.6. The number of aromatic nitrogens is 6. The number of hydrogen-bond donors (Lipinski definition) is 1. The number of carbonyl (C=O) groups is 1. The maximum atomic E-state index is 12.5. The number of benzene rings is 1. The van der Waals surface area contributed by atoms with E-state index in [1.165, 1.54) is 16.8 Å². The van der Waals surface area contributed by atoms with Gasteiger partial charge in [-0.3, -0.25) is 9.59 Å². The van der Waals surface area contributed by atoms with Gasteiger partial charge in [0, 0.05) is 30.9 Å². The summed E-state index contributed by atoms with van der Waals surface area (Å²) in [6.07, 6.45) is 1.76. The van der Waals surface area contributed by atoms with Crippen molar-refractivity contribution in [3.8, 4) is 11.4 Å². The van der Waals surface area contributed by atoms with Gasteiger partial charge in [0.25, 0.3) is 11.5 Å². The van der Waals surface area contributed by atoms with E-state index in [0.717, 1.165) is 18.4 Å². The van der Waals surface area contributed by atoms with Gasteiger partial charge in [-0.05, 0) is 35.0 Å². The van der Waals surface area contributed by atoms with E-state index in [0.29, 0.717) is 18.1 Å². The minimum absolute atomic E-state index is 0.187. The summed E-state index contributed by atoms with van der Waals surface area (Å²) in [5.41, 5.74) is 1.33. The van der Waals surface area contributed by atoms with Gasteiger partial charge in [0.2, 0.25) is 0 Å². The molecule has 1 aromatic carbocycles. The molecule has 0 unspecified atom stereocenters. The third-order valence-corrected chi connectivity index (χ3v) is 3.82. The van der Waals surface area contributed by atoms with Gasteiger partial charge in [0.15, 0.2) is 5.82 Å². The molecule has 9 heteroatoms. The first-order valence-electron chi connectivity index (χ1n) is 8.31. The average Bonchev–Trinajstić information content (AvgIpc) is 3.07. The molecule has 26 heavy (non-hydrogen) atoms. The third-order valence-electron chi connectivity index (χ3n) is 3.82. The van der Waals surface area contributed by atoms with Gasteiger partial charge in [-0.2, -0.15) is 5.10 Å². The van der Waals surface area contributed by atoms with Crippen LogP contribution in [0.1, 0.15) is 30.3 Å². The van der Waals surface area contributed by atoms with E-state index in [1.54, 1.807) is 29.9 Å². The molecule has 0 spiro atoms. The highest BCUT2D eigenvalue weighted by atomic mass is 16.2. The van der Waals surface area contributed by atoms with Gasteiger partial charge >= 0.3 is 0 Å². The lowest BCUT2D eigenvalue weighted by Crippen LogP contribution is -2.26. The number of tetrazole rings is 1. The van der Waals surface area contributed by atoms with Crippen molar-refractivity contribution in [2.75, 3.05) is 5.32 Å². The van der Waals surface area contributed by atoms with Crippen molar-refractivity contribution >= 4 is 11.6 Å². The maximum Gasteiger partial charge on any atom is 0.276 e. The van der Waals surface area contributed by atoms with E-state index >= 15 is 0 Å². The predicted octanol–water partition coefficient (Wildman–Crippen LogP) is 1.49. The molecule has 0 aliphatic rings. The SMILES string of the molecule is CCCCn1nc(C(=O)Nc2cccc(-c3nnnn3C)c2)ccc1=O. The number of unbranched alkanes of at least 4 members (excludes halogenated alkanes) is 1. The molecule has 1 amide bonds. The number of nitrogens with zero attached hydrogens (tertiary/aromatic N) is 6. The highest BCUT2D eigenvalue weighted by Crippen LogP contribution is 2.19. The molecule has 2 aromatic heterocycles. The molecule has 0 aliphatic carbocycles. The van der Waals surface area contributed by atoms with E-state index in [4.69, 9.17) is 0 Å². The average molecular weight is 353 g/mol. The highest BCUT2D eigenvalue weighted by Gasteiger charge is 2.12. The number of aryl methyl sites for hydroxylation is 2. The molecule has 134 valence electrons. The summed E-state index contributed by atoms with van der Waals surface area (Å²) in [5.74, 6) is 0.204. The Hall–Kier alpha value is -3.36. The van der Waals surface area contributed by atoms with Crippen LogP contribution in [0.4, 0.5) is 5.69 Å². The molecular weight excluding hydrogens is 334 g/mol. The zero-order chi connectivity index (χ0) is 18.5. The van der Waals surface area contributed by atoms with Crippen LogP contribution in [0.2, 0.25) is 0 Å². The monoisotopic (exact) mass is 353 g/mol. The van der Waals surface area contributed by atoms with E-state index in [1.807, 2.05) is 13.0 Å². The normalized spacial score (nSPS) is 10.7. The highest BCUT2D eigenvalue weighted by molar-refractivity contribution is 6.02. The lowest BCUT2D eigenvalue weighted by molar-refractivity contribution is 0.102. The van der Waals surface area contributed by atoms with Crippen molar-refractivity contribution < 1.29 is 4.79 Å². The Labute approximate surface area is 149 Å². The fourth-order valence-electron chi connectivity index (χ4n) is 2.44. The Morgan fingerprint density at radius 3 is 2.81 bits per heavy atom. The van der Waals surface area contributed by atoms with Crippen LogP contribution < -0.4 is 10.9 Å². The van der Waals surface area contributed by atoms with Crippen molar-refractivity contribution in [1.82, 2.24) is 30.0 Å². The second kappa shape index (κ2) is 7.68. The molecular formula is C17H19N7O2. The standard InChI is InChI=1S/C17H19N7O2/c1-3-4-10-24-15(25)9-8-14(20-24)17(26)18-13-7-5-6-12(11-13)16-19-21-22-23(16)2/h5-9,11H,3-4,10H2,1-2H3,(H,18,26). The van der Waals surface area contributed by atoms with Crippen LogP contribution in [-0.2, 0) is 13.6 Å². The lowest BCUT2D eigenvalue weighted by Gasteiger charge is -2.08. The molecule has 0 aliphatic heterocycles. The van der Waals surface area contributed by atoms with Crippen LogP contribution >= 0.6 is 0 Å². The molecule has 9 nitrogen and oxygen atoms in total. The van der Waals surface area contributed by atoms with Gasteiger partial charge < -0.3 is 5.32 Å². The summed E-state index contributed by atoms with van der Waals surface area (Å²) >= 11 is 0. The fraction of sp³-hybridized carbons (Fsp3) is 0.294. The molecule has 0 atom stereocenters. The van der Waals surface area contributed by atoms with Crippen molar-refractivity contribution in [2.45, 2.75) is 26.3 Å². The topological polar surface area (TPSA) is 108 Å². The van der Waals surface area contributed by atoms with E-state index < -0.39 is 0 Å². The molecule has 0 saturated carbocycles. The maximum absolute atomic E-state index is 12.5. The first-order valence-corrected chi connectivity index (χ1v) is 8.31. The van der Waals surface area contributed by atoms with Crippen LogP contribution in [-0.4, -0.2) is 35.9 Å². The summed E-state index contributed by atoms with van der Waals surface area (Å²) in [6, 6.07) is 9.98. The number of nitrogens with one attached hydrogen (secondary N) is 1. The Kier molecular flexibility index (Phi) is 5.16. The molecule has 1 N–H and O–H groups in total. The summed E-state index contributed by atoms with van der Waals surface area (Å²) in [6.45, 7) is 2.52. The Morgan fingerprint density at radius 1 is 1.23 bits per heavy atom. The first-order chi connectivity index (χ1) is 12.6. The Balaban J connectivity index is 1.80. The van der Waals surface area contributed by atoms with Crippen molar-refractivity contribution in [1.29, 1.82) is 0 Å². The Bertz CT molecular complexity index is 977. The fourth-order valence-corrected chi connectivity index (χ4v) is 2.44. The second-order valence-electron chi connectivity index (χ2n) is 5.79. The number of anilines is 1. The Morgan fingerprint density at radius 2 is 2.08 bits per heavy atom. The molecule has 0 radical (unpaired) electrons. The van der Waals surface area contributed by atoms with Crippen LogP contribution in [0.25, 0.3) is 11.4 Å². The van der Waals surface area contributed by atoms with Crippen molar-refractivity contribution in [3.05, 3.63) is 52.4 Å². The van der Waals surface area contributed by atoms with Crippen LogP contribution in [0.15, 0.2) is 41.2 Å². The molecule has 3 aromatic rings. The summed E-state index contributed by atoms with van der Waals surface area (Å²) in [7, 11) is 1.74. The van der Waals surface area contributed by atoms with Crippen molar-refractivity contribution in [3.63, 3.8) is 0 Å². The van der Waals surface area contributed by atoms with Gasteiger partial charge in [0.05, 0.1) is 0 Å². The van der Waals surface area contributed by atoms with Crippen LogP contribution in [0, 0.1) is 0 Å². The van der Waals surface area contributed by atoms with Crippen LogP contribution in [0.3, 0.4) is 0 Å². The smallest absolute Gasteiger partial charge is 0.276 e. The van der Waals surface area contributed by atoms with Gasteiger partial charge in [-0.15, -0.1) is 5.10 Å². The molecule has 0 saturated heterocycles. The van der Waals surface area contributed by atoms with E-state index in [-0.39, 0.29) is 17.2 Å². The summed E-state index contributed by atoms with van der Waals surface area (Å²) in [5, 5.41) is 18.3. The number of amides is 1. The minimum atomic E-state index is -0.386. The summed E-state index contributed by atoms with van der Waals surface area (Å²) in [4.78, 5) is 24.3. The van der Waals surface area contributed by atoms with E-state index in [9.17, 15) is 9.59 Å². The largest absolute Gasteiger partial charge is 0.321 e. The number of carbonyl (C=O) groups excluding carboxylic acids is 1. The zero-order valence-corrected chi connectivity index (χ0v) is 14.6. The van der Waals surface area contributed by atoms with E-state index in [2.05, 4.69) is 25.9 Å². The van der Waals surface area contributed by atoms with Gasteiger partial charge in [0.1, 0.15) is 5.69 Å².